The Hall–Kier alpha value is -3.33. The van der Waals surface area contributed by atoms with Crippen molar-refractivity contribution in [1.29, 1.82) is 5.26 Å². The topological polar surface area (TPSA) is 85.4 Å². The zero-order valence-corrected chi connectivity index (χ0v) is 13.1. The Morgan fingerprint density at radius 2 is 1.42 bits per heavy atom. The molecule has 0 bridgehead atoms. The Bertz CT molecular complexity index is 859. The van der Waals surface area contributed by atoms with Gasteiger partial charge in [-0.1, -0.05) is 0 Å². The molecule has 0 atom stereocenters. The van der Waals surface area contributed by atoms with Crippen LogP contribution in [0.5, 0.6) is 0 Å². The third-order valence-electron chi connectivity index (χ3n) is 3.52. The second-order valence-corrected chi connectivity index (χ2v) is 5.76. The summed E-state index contributed by atoms with van der Waals surface area (Å²) in [4.78, 5) is 10.3. The predicted octanol–water partition coefficient (Wildman–Crippen LogP) is 4.08. The predicted molar refractivity (Wildman–Crippen MR) is 87.3 cm³/mol. The van der Waals surface area contributed by atoms with Gasteiger partial charge in [0.2, 0.25) is 5.79 Å². The number of nitro benzene ring substituents is 1. The lowest BCUT2D eigenvalue weighted by Gasteiger charge is -2.18. The van der Waals surface area contributed by atoms with Gasteiger partial charge in [-0.25, -0.2) is 0 Å². The van der Waals surface area contributed by atoms with Crippen LogP contribution in [-0.4, -0.2) is 10.7 Å². The molecule has 1 aliphatic heterocycles. The van der Waals surface area contributed by atoms with Crippen molar-refractivity contribution in [2.75, 3.05) is 0 Å². The molecule has 3 rings (SSSR count). The van der Waals surface area contributed by atoms with E-state index in [-0.39, 0.29) is 5.69 Å². The van der Waals surface area contributed by atoms with Gasteiger partial charge in [-0.3, -0.25) is 10.1 Å². The standard InChI is InChI=1S/C18H14N2O4/c1-18(2)23-16(13-5-3-12(11-19)4-6-13)17(24-18)14-7-9-15(10-8-14)20(21)22/h3-10H,1-2H3. The second-order valence-electron chi connectivity index (χ2n) is 5.76. The number of non-ortho nitro benzene ring substituents is 1. The van der Waals surface area contributed by atoms with Crippen LogP contribution in [-0.2, 0) is 9.47 Å². The number of nitrogens with zero attached hydrogens (tertiary/aromatic N) is 2. The summed E-state index contributed by atoms with van der Waals surface area (Å²) in [6, 6.07) is 15.1. The van der Waals surface area contributed by atoms with Gasteiger partial charge in [0.1, 0.15) is 0 Å². The minimum absolute atomic E-state index is 0.0115. The van der Waals surface area contributed by atoms with Crippen LogP contribution in [0, 0.1) is 21.4 Å². The average molecular weight is 322 g/mol. The van der Waals surface area contributed by atoms with Crippen molar-refractivity contribution in [2.45, 2.75) is 19.6 Å². The summed E-state index contributed by atoms with van der Waals surface area (Å²) in [5, 5.41) is 19.7. The minimum atomic E-state index is -0.847. The van der Waals surface area contributed by atoms with Crippen LogP contribution < -0.4 is 0 Å². The Kier molecular flexibility index (Phi) is 3.70. The van der Waals surface area contributed by atoms with E-state index in [9.17, 15) is 10.1 Å². The van der Waals surface area contributed by atoms with Gasteiger partial charge in [0, 0.05) is 37.1 Å². The molecule has 1 heterocycles. The number of hydrogen-bond acceptors (Lipinski definition) is 5. The molecule has 120 valence electrons. The summed E-state index contributed by atoms with van der Waals surface area (Å²) < 4.78 is 11.8. The van der Waals surface area contributed by atoms with Gasteiger partial charge in [0.25, 0.3) is 5.69 Å². The monoisotopic (exact) mass is 322 g/mol. The first-order valence-corrected chi connectivity index (χ1v) is 7.27. The maximum atomic E-state index is 10.8. The Balaban J connectivity index is 2.05. The van der Waals surface area contributed by atoms with E-state index in [4.69, 9.17) is 14.7 Å². The molecule has 2 aromatic carbocycles. The number of hydrogen-bond donors (Lipinski definition) is 0. The molecule has 2 aromatic rings. The zero-order valence-electron chi connectivity index (χ0n) is 13.1. The summed E-state index contributed by atoms with van der Waals surface area (Å²) >= 11 is 0. The molecular formula is C18H14N2O4. The normalized spacial score (nSPS) is 15.4. The molecule has 0 fully saturated rings. The highest BCUT2D eigenvalue weighted by Gasteiger charge is 2.35. The SMILES string of the molecule is CC1(C)OC(c2ccc(C#N)cc2)=C(c2ccc([N+](=O)[O-])cc2)O1. The van der Waals surface area contributed by atoms with Crippen LogP contribution >= 0.6 is 0 Å². The number of nitro groups is 1. The quantitative estimate of drug-likeness (QED) is 0.628. The van der Waals surface area contributed by atoms with E-state index in [1.807, 2.05) is 0 Å². The summed E-state index contributed by atoms with van der Waals surface area (Å²) in [5.41, 5.74) is 2.02. The van der Waals surface area contributed by atoms with Gasteiger partial charge < -0.3 is 9.47 Å². The molecule has 0 spiro atoms. The van der Waals surface area contributed by atoms with Crippen molar-refractivity contribution in [3.8, 4) is 6.07 Å². The van der Waals surface area contributed by atoms with E-state index in [0.29, 0.717) is 22.6 Å². The fraction of sp³-hybridized carbons (Fsp3) is 0.167. The maximum absolute atomic E-state index is 10.8. The first-order valence-electron chi connectivity index (χ1n) is 7.27. The molecule has 24 heavy (non-hydrogen) atoms. The van der Waals surface area contributed by atoms with Gasteiger partial charge in [-0.15, -0.1) is 0 Å². The maximum Gasteiger partial charge on any atom is 0.269 e. The highest BCUT2D eigenvalue weighted by molar-refractivity contribution is 5.86. The van der Waals surface area contributed by atoms with Crippen molar-refractivity contribution in [3.63, 3.8) is 0 Å². The van der Waals surface area contributed by atoms with E-state index >= 15 is 0 Å². The number of nitriles is 1. The average Bonchev–Trinajstić information content (AvgIpc) is 2.91. The molecular weight excluding hydrogens is 308 g/mol. The summed E-state index contributed by atoms with van der Waals surface area (Å²) in [6.45, 7) is 3.57. The molecule has 0 amide bonds. The molecule has 0 N–H and O–H groups in total. The fourth-order valence-electron chi connectivity index (χ4n) is 2.42. The number of ether oxygens (including phenoxy) is 2. The fourth-order valence-corrected chi connectivity index (χ4v) is 2.42. The first-order chi connectivity index (χ1) is 11.4. The molecule has 1 aliphatic rings. The van der Waals surface area contributed by atoms with E-state index < -0.39 is 10.7 Å². The van der Waals surface area contributed by atoms with Crippen LogP contribution in [0.2, 0.25) is 0 Å². The lowest BCUT2D eigenvalue weighted by atomic mass is 10.1. The van der Waals surface area contributed by atoms with E-state index in [1.165, 1.54) is 12.1 Å². The van der Waals surface area contributed by atoms with E-state index in [1.54, 1.807) is 50.2 Å². The number of rotatable bonds is 3. The zero-order chi connectivity index (χ0) is 17.3. The smallest absolute Gasteiger partial charge is 0.269 e. The number of benzene rings is 2. The summed E-state index contributed by atoms with van der Waals surface area (Å²) in [7, 11) is 0. The first kappa shape index (κ1) is 15.6. The largest absolute Gasteiger partial charge is 0.448 e. The summed E-state index contributed by atoms with van der Waals surface area (Å²) in [5.74, 6) is 0.207. The van der Waals surface area contributed by atoms with Crippen LogP contribution in [0.1, 0.15) is 30.5 Å². The van der Waals surface area contributed by atoms with Crippen LogP contribution in [0.3, 0.4) is 0 Å². The molecule has 6 nitrogen and oxygen atoms in total. The van der Waals surface area contributed by atoms with Crippen LogP contribution in [0.25, 0.3) is 11.5 Å². The van der Waals surface area contributed by atoms with Crippen molar-refractivity contribution in [2.24, 2.45) is 0 Å². The minimum Gasteiger partial charge on any atom is -0.448 e. The van der Waals surface area contributed by atoms with E-state index in [0.717, 1.165) is 5.56 Å². The molecule has 0 unspecified atom stereocenters. The molecule has 0 saturated carbocycles. The summed E-state index contributed by atoms with van der Waals surface area (Å²) in [6.07, 6.45) is 0. The van der Waals surface area contributed by atoms with Crippen molar-refractivity contribution in [1.82, 2.24) is 0 Å². The van der Waals surface area contributed by atoms with Gasteiger partial charge in [-0.05, 0) is 36.4 Å². The van der Waals surface area contributed by atoms with E-state index in [2.05, 4.69) is 6.07 Å². The van der Waals surface area contributed by atoms with Crippen molar-refractivity contribution >= 4 is 17.2 Å². The molecule has 0 saturated heterocycles. The van der Waals surface area contributed by atoms with Gasteiger partial charge >= 0.3 is 0 Å². The molecule has 0 aliphatic carbocycles. The lowest BCUT2D eigenvalue weighted by molar-refractivity contribution is -0.384. The highest BCUT2D eigenvalue weighted by Crippen LogP contribution is 2.41. The van der Waals surface area contributed by atoms with Gasteiger partial charge in [0.05, 0.1) is 16.6 Å². The van der Waals surface area contributed by atoms with Crippen LogP contribution in [0.15, 0.2) is 48.5 Å². The molecule has 0 radical (unpaired) electrons. The molecule has 0 aromatic heterocycles. The Morgan fingerprint density at radius 1 is 0.958 bits per heavy atom. The van der Waals surface area contributed by atoms with Gasteiger partial charge in [-0.2, -0.15) is 5.26 Å². The third kappa shape index (κ3) is 2.92. The van der Waals surface area contributed by atoms with Gasteiger partial charge in [0.15, 0.2) is 11.5 Å². The van der Waals surface area contributed by atoms with Crippen LogP contribution in [0.4, 0.5) is 5.69 Å². The molecule has 6 heteroatoms. The second kappa shape index (κ2) is 5.70. The van der Waals surface area contributed by atoms with Crippen molar-refractivity contribution < 1.29 is 14.4 Å². The Morgan fingerprint density at radius 3 is 1.83 bits per heavy atom. The third-order valence-corrected chi connectivity index (χ3v) is 3.52. The van der Waals surface area contributed by atoms with Crippen molar-refractivity contribution in [3.05, 3.63) is 75.3 Å². The highest BCUT2D eigenvalue weighted by atomic mass is 16.7. The Labute approximate surface area is 138 Å². The lowest BCUT2D eigenvalue weighted by Crippen LogP contribution is -2.20.